The van der Waals surface area contributed by atoms with Gasteiger partial charge in [-0.3, -0.25) is 10.1 Å². The first kappa shape index (κ1) is 19.7. The van der Waals surface area contributed by atoms with E-state index in [2.05, 4.69) is 0 Å². The van der Waals surface area contributed by atoms with E-state index in [9.17, 15) is 18.5 Å². The second-order valence-electron chi connectivity index (χ2n) is 6.23. The largest absolute Gasteiger partial charge is 0.488 e. The Balaban J connectivity index is 1.78. The first-order valence-corrected chi connectivity index (χ1v) is 10.6. The summed E-state index contributed by atoms with van der Waals surface area (Å²) in [5.74, 6) is 0.594. The van der Waals surface area contributed by atoms with Crippen molar-refractivity contribution in [2.75, 3.05) is 24.2 Å². The van der Waals surface area contributed by atoms with Gasteiger partial charge in [-0.2, -0.15) is 0 Å². The van der Waals surface area contributed by atoms with Crippen LogP contribution in [-0.4, -0.2) is 38.8 Å². The number of hydrogen-bond acceptors (Lipinski definition) is 6. The lowest BCUT2D eigenvalue weighted by molar-refractivity contribution is -0.387. The van der Waals surface area contributed by atoms with Crippen LogP contribution in [0.3, 0.4) is 0 Å². The first-order valence-electron chi connectivity index (χ1n) is 8.00. The number of sulfone groups is 1. The van der Waals surface area contributed by atoms with Crippen molar-refractivity contribution in [1.29, 1.82) is 0 Å². The topological polar surface area (TPSA) is 89.8 Å². The summed E-state index contributed by atoms with van der Waals surface area (Å²) in [7, 11) is -3.73. The summed E-state index contributed by atoms with van der Waals surface area (Å²) in [6, 6.07) is 9.13. The molecule has 7 nitrogen and oxygen atoms in total. The van der Waals surface area contributed by atoms with Crippen molar-refractivity contribution in [2.24, 2.45) is 0 Å². The number of hydrogen-bond donors (Lipinski definition) is 0. The molecule has 144 valence electrons. The highest BCUT2D eigenvalue weighted by Crippen LogP contribution is 2.32. The lowest BCUT2D eigenvalue weighted by atomic mass is 10.2. The van der Waals surface area contributed by atoms with Crippen LogP contribution >= 0.6 is 23.2 Å². The molecule has 1 atom stereocenters. The summed E-state index contributed by atoms with van der Waals surface area (Å²) >= 11 is 11.9. The van der Waals surface area contributed by atoms with Gasteiger partial charge in [0.15, 0.2) is 9.84 Å². The molecule has 1 aliphatic heterocycles. The molecule has 10 heteroatoms. The monoisotopic (exact) mass is 430 g/mol. The highest BCUT2D eigenvalue weighted by molar-refractivity contribution is 7.90. The van der Waals surface area contributed by atoms with E-state index in [1.54, 1.807) is 24.3 Å². The van der Waals surface area contributed by atoms with Crippen molar-refractivity contribution in [2.45, 2.75) is 17.4 Å². The van der Waals surface area contributed by atoms with Gasteiger partial charge in [0.2, 0.25) is 0 Å². The SMILES string of the molecule is CS(=O)(=O)c1cc(N2CCC(Oc3ccc(Cl)c(Cl)c3)C2)ccc1[N+](=O)[O-]. The average molecular weight is 431 g/mol. The van der Waals surface area contributed by atoms with Crippen LogP contribution in [0.25, 0.3) is 0 Å². The molecule has 0 N–H and O–H groups in total. The normalized spacial score (nSPS) is 17.1. The maximum atomic E-state index is 11.9. The lowest BCUT2D eigenvalue weighted by Gasteiger charge is -2.20. The van der Waals surface area contributed by atoms with E-state index in [0.717, 1.165) is 6.26 Å². The Morgan fingerprint density at radius 2 is 1.93 bits per heavy atom. The Morgan fingerprint density at radius 1 is 1.19 bits per heavy atom. The molecule has 1 heterocycles. The van der Waals surface area contributed by atoms with E-state index in [4.69, 9.17) is 27.9 Å². The van der Waals surface area contributed by atoms with E-state index in [-0.39, 0.29) is 11.0 Å². The van der Waals surface area contributed by atoms with Gasteiger partial charge >= 0.3 is 0 Å². The van der Waals surface area contributed by atoms with Gasteiger partial charge in [-0.1, -0.05) is 23.2 Å². The smallest absolute Gasteiger partial charge is 0.288 e. The molecule has 1 fully saturated rings. The lowest BCUT2D eigenvalue weighted by Crippen LogP contribution is -2.24. The second kappa shape index (κ2) is 7.53. The van der Waals surface area contributed by atoms with E-state index in [1.807, 2.05) is 4.90 Å². The molecule has 0 aromatic heterocycles. The molecule has 3 rings (SSSR count). The van der Waals surface area contributed by atoms with Crippen molar-refractivity contribution in [3.63, 3.8) is 0 Å². The number of benzene rings is 2. The zero-order valence-electron chi connectivity index (χ0n) is 14.3. The van der Waals surface area contributed by atoms with Gasteiger partial charge in [0.1, 0.15) is 16.7 Å². The number of nitrogens with zero attached hydrogens (tertiary/aromatic N) is 2. The molecule has 0 bridgehead atoms. The Hall–Kier alpha value is -2.03. The minimum absolute atomic E-state index is 0.126. The molecule has 0 spiro atoms. The fraction of sp³-hybridized carbons (Fsp3) is 0.294. The molecule has 2 aromatic rings. The Bertz CT molecular complexity index is 997. The second-order valence-corrected chi connectivity index (χ2v) is 9.03. The summed E-state index contributed by atoms with van der Waals surface area (Å²) in [6.07, 6.45) is 1.55. The van der Waals surface area contributed by atoms with Crippen LogP contribution < -0.4 is 9.64 Å². The average Bonchev–Trinajstić information content (AvgIpc) is 3.05. The number of nitro benzene ring substituents is 1. The third-order valence-electron chi connectivity index (χ3n) is 4.24. The van der Waals surface area contributed by atoms with Gasteiger partial charge < -0.3 is 9.64 Å². The molecule has 1 saturated heterocycles. The summed E-state index contributed by atoms with van der Waals surface area (Å²) < 4.78 is 29.7. The van der Waals surface area contributed by atoms with Crippen LogP contribution in [0.2, 0.25) is 10.0 Å². The minimum Gasteiger partial charge on any atom is -0.488 e. The van der Waals surface area contributed by atoms with Crippen molar-refractivity contribution >= 4 is 44.4 Å². The van der Waals surface area contributed by atoms with E-state index in [1.165, 1.54) is 12.1 Å². The molecule has 0 saturated carbocycles. The predicted molar refractivity (Wildman–Crippen MR) is 104 cm³/mol. The zero-order chi connectivity index (χ0) is 19.8. The van der Waals surface area contributed by atoms with Crippen LogP contribution in [-0.2, 0) is 9.84 Å². The molecule has 0 radical (unpaired) electrons. The van der Waals surface area contributed by atoms with E-state index in [0.29, 0.717) is 41.0 Å². The Labute approximate surface area is 166 Å². The third-order valence-corrected chi connectivity index (χ3v) is 6.11. The van der Waals surface area contributed by atoms with Gasteiger partial charge in [-0.25, -0.2) is 8.42 Å². The predicted octanol–water partition coefficient (Wildman–Crippen LogP) is 3.96. The van der Waals surface area contributed by atoms with Crippen molar-refractivity contribution in [3.05, 3.63) is 56.6 Å². The van der Waals surface area contributed by atoms with Gasteiger partial charge in [0.05, 0.1) is 21.5 Å². The Morgan fingerprint density at radius 3 is 2.56 bits per heavy atom. The molecular weight excluding hydrogens is 415 g/mol. The maximum Gasteiger partial charge on any atom is 0.288 e. The molecule has 27 heavy (non-hydrogen) atoms. The summed E-state index contributed by atoms with van der Waals surface area (Å²) in [5, 5.41) is 11.9. The zero-order valence-corrected chi connectivity index (χ0v) is 16.6. The van der Waals surface area contributed by atoms with Gasteiger partial charge in [-0.05, 0) is 24.3 Å². The summed E-state index contributed by atoms with van der Waals surface area (Å²) in [6.45, 7) is 1.15. The number of rotatable bonds is 5. The van der Waals surface area contributed by atoms with Crippen molar-refractivity contribution in [1.82, 2.24) is 0 Å². The maximum absolute atomic E-state index is 11.9. The number of ether oxygens (including phenoxy) is 1. The first-order chi connectivity index (χ1) is 12.6. The highest BCUT2D eigenvalue weighted by Gasteiger charge is 2.28. The van der Waals surface area contributed by atoms with Gasteiger partial charge in [-0.15, -0.1) is 0 Å². The summed E-state index contributed by atoms with van der Waals surface area (Å²) in [4.78, 5) is 12.0. The van der Waals surface area contributed by atoms with Crippen LogP contribution in [0.5, 0.6) is 5.75 Å². The van der Waals surface area contributed by atoms with Crippen LogP contribution in [0, 0.1) is 10.1 Å². The molecule has 0 amide bonds. The van der Waals surface area contributed by atoms with E-state index >= 15 is 0 Å². The van der Waals surface area contributed by atoms with Crippen LogP contribution in [0.1, 0.15) is 6.42 Å². The fourth-order valence-electron chi connectivity index (χ4n) is 2.95. The van der Waals surface area contributed by atoms with Gasteiger partial charge in [0.25, 0.3) is 5.69 Å². The quantitative estimate of drug-likeness (QED) is 0.526. The van der Waals surface area contributed by atoms with Crippen molar-refractivity contribution in [3.8, 4) is 5.75 Å². The van der Waals surface area contributed by atoms with Gasteiger partial charge in [0, 0.05) is 37.0 Å². The van der Waals surface area contributed by atoms with E-state index < -0.39 is 20.4 Å². The van der Waals surface area contributed by atoms with Crippen LogP contribution in [0.4, 0.5) is 11.4 Å². The molecule has 1 unspecified atom stereocenters. The number of halogens is 2. The standard InChI is InChI=1S/C17H16Cl2N2O5S/c1-27(24,25)17-8-11(2-5-16(17)21(22)23)20-7-6-13(10-20)26-12-3-4-14(18)15(19)9-12/h2-5,8-9,13H,6-7,10H2,1H3. The molecule has 1 aliphatic rings. The fourth-order valence-corrected chi connectivity index (χ4v) is 4.09. The summed E-state index contributed by atoms with van der Waals surface area (Å²) in [5.41, 5.74) is 0.172. The highest BCUT2D eigenvalue weighted by atomic mass is 35.5. The number of nitro groups is 1. The minimum atomic E-state index is -3.73. The molecule has 0 aliphatic carbocycles. The third kappa shape index (κ3) is 4.45. The number of anilines is 1. The van der Waals surface area contributed by atoms with Crippen molar-refractivity contribution < 1.29 is 18.1 Å². The molecule has 2 aromatic carbocycles. The van der Waals surface area contributed by atoms with Crippen LogP contribution in [0.15, 0.2) is 41.3 Å². The Kier molecular flexibility index (Phi) is 5.50. The molecular formula is C17H16Cl2N2O5S.